The largest absolute Gasteiger partial charge is 0.380 e. The van der Waals surface area contributed by atoms with Gasteiger partial charge in [0.15, 0.2) is 0 Å². The molecule has 3 aromatic rings. The van der Waals surface area contributed by atoms with Crippen LogP contribution in [0.4, 0.5) is 5.69 Å². The predicted octanol–water partition coefficient (Wildman–Crippen LogP) is 4.91. The number of benzene rings is 1. The SMILES string of the molecule is COCc1cc(C)nc2sc3c(c12)N[C@@H](c1ccc(Cl)c(Cl)c1)NC3=O. The highest BCUT2D eigenvalue weighted by atomic mass is 35.5. The Morgan fingerprint density at radius 3 is 2.77 bits per heavy atom. The highest BCUT2D eigenvalue weighted by molar-refractivity contribution is 7.21. The second kappa shape index (κ2) is 6.70. The van der Waals surface area contributed by atoms with Crippen molar-refractivity contribution in [3.8, 4) is 0 Å². The Bertz CT molecular complexity index is 1030. The monoisotopic (exact) mass is 407 g/mol. The van der Waals surface area contributed by atoms with Gasteiger partial charge in [0.25, 0.3) is 5.91 Å². The Morgan fingerprint density at radius 2 is 2.04 bits per heavy atom. The maximum Gasteiger partial charge on any atom is 0.265 e. The fourth-order valence-corrected chi connectivity index (χ4v) is 4.55. The van der Waals surface area contributed by atoms with Gasteiger partial charge in [0.1, 0.15) is 15.9 Å². The minimum atomic E-state index is -0.403. The highest BCUT2D eigenvalue weighted by Crippen LogP contribution is 2.41. The van der Waals surface area contributed by atoms with E-state index in [9.17, 15) is 4.79 Å². The molecule has 0 fully saturated rings. The van der Waals surface area contributed by atoms with E-state index >= 15 is 0 Å². The lowest BCUT2D eigenvalue weighted by Gasteiger charge is -2.27. The van der Waals surface area contributed by atoms with Gasteiger partial charge in [-0.05, 0) is 36.2 Å². The summed E-state index contributed by atoms with van der Waals surface area (Å²) in [5, 5.41) is 8.22. The van der Waals surface area contributed by atoms with Crippen molar-refractivity contribution >= 4 is 56.3 Å². The highest BCUT2D eigenvalue weighted by Gasteiger charge is 2.30. The number of hydrogen-bond donors (Lipinski definition) is 2. The van der Waals surface area contributed by atoms with Gasteiger partial charge in [-0.25, -0.2) is 4.98 Å². The Morgan fingerprint density at radius 1 is 1.23 bits per heavy atom. The van der Waals surface area contributed by atoms with Crippen LogP contribution in [0.15, 0.2) is 24.3 Å². The number of anilines is 1. The second-order valence-electron chi connectivity index (χ2n) is 6.07. The topological polar surface area (TPSA) is 63.2 Å². The number of fused-ring (bicyclic) bond motifs is 3. The summed E-state index contributed by atoms with van der Waals surface area (Å²) >= 11 is 13.5. The van der Waals surface area contributed by atoms with Crippen LogP contribution >= 0.6 is 34.5 Å². The zero-order chi connectivity index (χ0) is 18.4. The van der Waals surface area contributed by atoms with Crippen molar-refractivity contribution in [2.75, 3.05) is 12.4 Å². The van der Waals surface area contributed by atoms with E-state index in [4.69, 9.17) is 27.9 Å². The molecule has 0 radical (unpaired) electrons. The maximum absolute atomic E-state index is 12.7. The third-order valence-electron chi connectivity index (χ3n) is 4.22. The molecule has 1 aliphatic rings. The number of nitrogens with one attached hydrogen (secondary N) is 2. The Hall–Kier alpha value is -1.86. The zero-order valence-corrected chi connectivity index (χ0v) is 16.4. The number of pyridine rings is 1. The number of nitrogens with zero attached hydrogens (tertiary/aromatic N) is 1. The van der Waals surface area contributed by atoms with Gasteiger partial charge < -0.3 is 15.4 Å². The van der Waals surface area contributed by atoms with Crippen molar-refractivity contribution < 1.29 is 9.53 Å². The van der Waals surface area contributed by atoms with Crippen LogP contribution in [0.2, 0.25) is 10.0 Å². The molecule has 0 bridgehead atoms. The number of thiophene rings is 1. The summed E-state index contributed by atoms with van der Waals surface area (Å²) in [6.07, 6.45) is -0.403. The molecule has 4 rings (SSSR count). The smallest absolute Gasteiger partial charge is 0.265 e. The van der Waals surface area contributed by atoms with Gasteiger partial charge in [-0.2, -0.15) is 0 Å². The lowest BCUT2D eigenvalue weighted by molar-refractivity contribution is 0.0940. The van der Waals surface area contributed by atoms with E-state index in [2.05, 4.69) is 15.6 Å². The van der Waals surface area contributed by atoms with Crippen molar-refractivity contribution in [1.82, 2.24) is 10.3 Å². The Kier molecular flexibility index (Phi) is 4.52. The number of hydrogen-bond acceptors (Lipinski definition) is 5. The molecule has 1 amide bonds. The number of aryl methyl sites for hydroxylation is 1. The van der Waals surface area contributed by atoms with Crippen LogP contribution in [0.3, 0.4) is 0 Å². The van der Waals surface area contributed by atoms with Crippen LogP contribution in [-0.2, 0) is 11.3 Å². The molecule has 0 spiro atoms. The molecule has 134 valence electrons. The quantitative estimate of drug-likeness (QED) is 0.646. The third kappa shape index (κ3) is 2.93. The minimum absolute atomic E-state index is 0.140. The van der Waals surface area contributed by atoms with E-state index in [0.29, 0.717) is 21.5 Å². The van der Waals surface area contributed by atoms with Crippen molar-refractivity contribution in [2.45, 2.75) is 19.7 Å². The van der Waals surface area contributed by atoms with Crippen LogP contribution in [-0.4, -0.2) is 18.0 Å². The van der Waals surface area contributed by atoms with Gasteiger partial charge in [-0.3, -0.25) is 4.79 Å². The van der Waals surface area contributed by atoms with Crippen molar-refractivity contribution in [3.05, 3.63) is 56.0 Å². The molecular weight excluding hydrogens is 393 g/mol. The first-order valence-corrected chi connectivity index (χ1v) is 9.49. The van der Waals surface area contributed by atoms with Gasteiger partial charge in [0, 0.05) is 18.2 Å². The first-order chi connectivity index (χ1) is 12.5. The summed E-state index contributed by atoms with van der Waals surface area (Å²) in [6, 6.07) is 7.29. The maximum atomic E-state index is 12.7. The Labute approximate surface area is 164 Å². The fourth-order valence-electron chi connectivity index (χ4n) is 3.12. The number of rotatable bonds is 3. The van der Waals surface area contributed by atoms with E-state index in [1.165, 1.54) is 11.3 Å². The Balaban J connectivity index is 1.84. The molecule has 0 saturated carbocycles. The fraction of sp³-hybridized carbons (Fsp3) is 0.222. The molecule has 2 aromatic heterocycles. The van der Waals surface area contributed by atoms with E-state index in [0.717, 1.165) is 32.7 Å². The number of carbonyl (C=O) groups is 1. The lowest BCUT2D eigenvalue weighted by Crippen LogP contribution is -2.37. The summed E-state index contributed by atoms with van der Waals surface area (Å²) < 4.78 is 5.34. The number of amides is 1. The van der Waals surface area contributed by atoms with E-state index < -0.39 is 6.17 Å². The first kappa shape index (κ1) is 17.5. The molecule has 26 heavy (non-hydrogen) atoms. The average molecular weight is 408 g/mol. The van der Waals surface area contributed by atoms with Gasteiger partial charge >= 0.3 is 0 Å². The number of carbonyl (C=O) groups excluding carboxylic acids is 1. The molecule has 0 unspecified atom stereocenters. The zero-order valence-electron chi connectivity index (χ0n) is 14.0. The van der Waals surface area contributed by atoms with Crippen LogP contribution in [0, 0.1) is 6.92 Å². The molecular formula is C18H15Cl2N3O2S. The number of methoxy groups -OCH3 is 1. The van der Waals surface area contributed by atoms with Crippen LogP contribution in [0.25, 0.3) is 10.2 Å². The van der Waals surface area contributed by atoms with Crippen molar-refractivity contribution in [3.63, 3.8) is 0 Å². The van der Waals surface area contributed by atoms with Crippen molar-refractivity contribution in [1.29, 1.82) is 0 Å². The van der Waals surface area contributed by atoms with Crippen LogP contribution in [0.1, 0.15) is 32.7 Å². The molecule has 3 heterocycles. The standard InChI is InChI=1S/C18H15Cl2N3O2S/c1-8-5-10(7-25-2)13-14-15(26-18(13)21-8)17(24)23-16(22-14)9-3-4-11(19)12(20)6-9/h3-6,16,22H,7H2,1-2H3,(H,23,24)/t16-/m1/s1. The van der Waals surface area contributed by atoms with Crippen molar-refractivity contribution in [2.24, 2.45) is 0 Å². The number of halogens is 2. The first-order valence-electron chi connectivity index (χ1n) is 7.92. The minimum Gasteiger partial charge on any atom is -0.380 e. The molecule has 5 nitrogen and oxygen atoms in total. The predicted molar refractivity (Wildman–Crippen MR) is 105 cm³/mol. The van der Waals surface area contributed by atoms with Gasteiger partial charge in [0.2, 0.25) is 0 Å². The molecule has 1 aliphatic heterocycles. The van der Waals surface area contributed by atoms with Gasteiger partial charge in [-0.1, -0.05) is 29.3 Å². The van der Waals surface area contributed by atoms with E-state index in [-0.39, 0.29) is 5.91 Å². The molecule has 0 aliphatic carbocycles. The molecule has 1 aromatic carbocycles. The third-order valence-corrected chi connectivity index (χ3v) is 6.04. The molecule has 1 atom stereocenters. The summed E-state index contributed by atoms with van der Waals surface area (Å²) in [5.74, 6) is -0.140. The van der Waals surface area contributed by atoms with Gasteiger partial charge in [-0.15, -0.1) is 11.3 Å². The molecule has 8 heteroatoms. The second-order valence-corrected chi connectivity index (χ2v) is 7.88. The number of aromatic nitrogens is 1. The lowest BCUT2D eigenvalue weighted by atomic mass is 10.1. The summed E-state index contributed by atoms with van der Waals surface area (Å²) in [5.41, 5.74) is 3.50. The van der Waals surface area contributed by atoms with Crippen LogP contribution < -0.4 is 10.6 Å². The van der Waals surface area contributed by atoms with Gasteiger partial charge in [0.05, 0.1) is 22.3 Å². The van der Waals surface area contributed by atoms with E-state index in [1.54, 1.807) is 19.2 Å². The summed E-state index contributed by atoms with van der Waals surface area (Å²) in [7, 11) is 1.65. The molecule has 0 saturated heterocycles. The van der Waals surface area contributed by atoms with E-state index in [1.807, 2.05) is 19.1 Å². The summed E-state index contributed by atoms with van der Waals surface area (Å²) in [4.78, 5) is 18.7. The van der Waals surface area contributed by atoms with Crippen LogP contribution in [0.5, 0.6) is 0 Å². The average Bonchev–Trinajstić information content (AvgIpc) is 2.96. The number of ether oxygens (including phenoxy) is 1. The summed E-state index contributed by atoms with van der Waals surface area (Å²) in [6.45, 7) is 2.38. The molecule has 2 N–H and O–H groups in total. The normalized spacial score (nSPS) is 16.3.